The zero-order valence-corrected chi connectivity index (χ0v) is 20.7. The fourth-order valence-electron chi connectivity index (χ4n) is 5.32. The Balaban J connectivity index is 1.42. The topological polar surface area (TPSA) is 74.5 Å². The van der Waals surface area contributed by atoms with Gasteiger partial charge >= 0.3 is 0 Å². The Bertz CT molecular complexity index is 1420. The van der Waals surface area contributed by atoms with Crippen LogP contribution < -0.4 is 5.32 Å². The Hall–Kier alpha value is -3.40. The number of alkyl halides is 3. The van der Waals surface area contributed by atoms with Crippen molar-refractivity contribution in [2.24, 2.45) is 5.92 Å². The molecule has 0 radical (unpaired) electrons. The summed E-state index contributed by atoms with van der Waals surface area (Å²) in [6.07, 6.45) is 3.17. The van der Waals surface area contributed by atoms with Crippen molar-refractivity contribution in [1.82, 2.24) is 25.1 Å². The standard InChI is InChI=1S/C27H28F3N5O2/c1-34-9-3-8-27(30,14-34)16-6-7-21-20(10-16)32-26(37-21)18-12-31-23(24(28)29)19-13-35(2)22(11-17(18)19)33-25(36)15-4-5-15/h6-7,10-12,15,24H,3-5,8-9,13-14H2,1-2H3,(H,33,36)/t27-/m0/s1. The molecule has 1 saturated heterocycles. The Morgan fingerprint density at radius 3 is 2.81 bits per heavy atom. The van der Waals surface area contributed by atoms with Crippen molar-refractivity contribution in [2.75, 3.05) is 27.2 Å². The van der Waals surface area contributed by atoms with E-state index in [1.54, 1.807) is 36.2 Å². The largest absolute Gasteiger partial charge is 0.436 e. The second kappa shape index (κ2) is 8.86. The quantitative estimate of drug-likeness (QED) is 0.521. The van der Waals surface area contributed by atoms with E-state index in [2.05, 4.69) is 15.3 Å². The molecule has 2 aliphatic heterocycles. The number of nitrogens with one attached hydrogen (secondary N) is 1. The number of piperidine rings is 1. The SMILES string of the molecule is CN1CCC[C@@](F)(c2ccc3oc(-c4cnc(C(F)F)c5c4C=C(NC(=O)C4CC4)N(C)C5)nc3c2)C1. The van der Waals surface area contributed by atoms with E-state index in [-0.39, 0.29) is 30.0 Å². The number of pyridine rings is 1. The molecule has 1 saturated carbocycles. The molecular weight excluding hydrogens is 483 g/mol. The number of carbonyl (C=O) groups excluding carboxylic acids is 1. The molecule has 2 fully saturated rings. The van der Waals surface area contributed by atoms with Crippen molar-refractivity contribution in [2.45, 2.75) is 44.3 Å². The van der Waals surface area contributed by atoms with Gasteiger partial charge in [0.15, 0.2) is 5.58 Å². The van der Waals surface area contributed by atoms with E-state index in [0.29, 0.717) is 52.1 Å². The number of hydrogen-bond acceptors (Lipinski definition) is 6. The summed E-state index contributed by atoms with van der Waals surface area (Å²) in [4.78, 5) is 24.8. The molecule has 1 aliphatic carbocycles. The predicted octanol–water partition coefficient (Wildman–Crippen LogP) is 4.99. The first-order chi connectivity index (χ1) is 17.7. The summed E-state index contributed by atoms with van der Waals surface area (Å²) in [5.41, 5.74) is 1.01. The lowest BCUT2D eigenvalue weighted by atomic mass is 9.87. The van der Waals surface area contributed by atoms with Crippen LogP contribution in [0.4, 0.5) is 13.2 Å². The average Bonchev–Trinajstić information content (AvgIpc) is 3.62. The van der Waals surface area contributed by atoms with Gasteiger partial charge in [-0.25, -0.2) is 18.2 Å². The number of hydrogen-bond donors (Lipinski definition) is 1. The third kappa shape index (κ3) is 4.37. The first-order valence-corrected chi connectivity index (χ1v) is 12.5. The summed E-state index contributed by atoms with van der Waals surface area (Å²) in [6, 6.07) is 5.14. The average molecular weight is 512 g/mol. The maximum absolute atomic E-state index is 15.8. The van der Waals surface area contributed by atoms with Crippen molar-refractivity contribution in [3.05, 3.63) is 52.6 Å². The lowest BCUT2D eigenvalue weighted by Crippen LogP contribution is -2.41. The first kappa shape index (κ1) is 24.0. The minimum atomic E-state index is -2.76. The molecule has 7 nitrogen and oxygen atoms in total. The second-order valence-electron chi connectivity index (χ2n) is 10.4. The number of carbonyl (C=O) groups is 1. The number of likely N-dealkylation sites (N-methyl/N-ethyl adjacent to an activating group) is 1. The maximum Gasteiger partial charge on any atom is 0.280 e. The fraction of sp³-hybridized carbons (Fsp3) is 0.444. The third-order valence-corrected chi connectivity index (χ3v) is 7.52. The van der Waals surface area contributed by atoms with E-state index in [0.717, 1.165) is 25.8 Å². The highest BCUT2D eigenvalue weighted by molar-refractivity contribution is 5.85. The number of aromatic nitrogens is 2. The highest BCUT2D eigenvalue weighted by Crippen LogP contribution is 2.40. The normalized spacial score (nSPS) is 22.3. The molecule has 0 bridgehead atoms. The summed E-state index contributed by atoms with van der Waals surface area (Å²) in [5, 5.41) is 2.92. The van der Waals surface area contributed by atoms with Gasteiger partial charge in [-0.3, -0.25) is 9.78 Å². The fourth-order valence-corrected chi connectivity index (χ4v) is 5.32. The van der Waals surface area contributed by atoms with Crippen LogP contribution in [0, 0.1) is 5.92 Å². The van der Waals surface area contributed by atoms with Crippen LogP contribution in [-0.2, 0) is 17.0 Å². The molecule has 6 rings (SSSR count). The zero-order valence-electron chi connectivity index (χ0n) is 20.7. The van der Waals surface area contributed by atoms with Crippen LogP contribution in [0.15, 0.2) is 34.6 Å². The van der Waals surface area contributed by atoms with E-state index < -0.39 is 12.1 Å². The van der Waals surface area contributed by atoms with Gasteiger partial charge in [0.1, 0.15) is 22.7 Å². The molecule has 1 amide bonds. The number of fused-ring (bicyclic) bond motifs is 2. The Labute approximate surface area is 212 Å². The number of benzene rings is 1. The molecule has 194 valence electrons. The summed E-state index contributed by atoms with van der Waals surface area (Å²) in [5.74, 6) is 0.655. The highest BCUT2D eigenvalue weighted by atomic mass is 19.3. The number of oxazole rings is 1. The molecule has 0 spiro atoms. The summed E-state index contributed by atoms with van der Waals surface area (Å²) >= 11 is 0. The van der Waals surface area contributed by atoms with Crippen LogP contribution in [0.5, 0.6) is 0 Å². The van der Waals surface area contributed by atoms with Crippen LogP contribution in [0.1, 0.15) is 54.5 Å². The van der Waals surface area contributed by atoms with Crippen molar-refractivity contribution >= 4 is 23.1 Å². The van der Waals surface area contributed by atoms with Crippen molar-refractivity contribution in [3.63, 3.8) is 0 Å². The molecule has 3 aromatic rings. The van der Waals surface area contributed by atoms with Gasteiger partial charge in [-0.15, -0.1) is 0 Å². The van der Waals surface area contributed by atoms with Gasteiger partial charge in [-0.2, -0.15) is 0 Å². The van der Waals surface area contributed by atoms with Gasteiger partial charge in [0.05, 0.1) is 5.56 Å². The lowest BCUT2D eigenvalue weighted by molar-refractivity contribution is -0.121. The smallest absolute Gasteiger partial charge is 0.280 e. The summed E-state index contributed by atoms with van der Waals surface area (Å²) in [7, 11) is 3.64. The van der Waals surface area contributed by atoms with Crippen LogP contribution in [0.2, 0.25) is 0 Å². The molecular formula is C27H28F3N5O2. The van der Waals surface area contributed by atoms with Gasteiger partial charge in [0.2, 0.25) is 11.8 Å². The summed E-state index contributed by atoms with van der Waals surface area (Å²) in [6.45, 7) is 1.32. The van der Waals surface area contributed by atoms with E-state index in [4.69, 9.17) is 4.42 Å². The van der Waals surface area contributed by atoms with E-state index in [1.807, 2.05) is 11.9 Å². The molecule has 1 N–H and O–H groups in total. The Morgan fingerprint density at radius 2 is 2.08 bits per heavy atom. The lowest BCUT2D eigenvalue weighted by Gasteiger charge is -2.35. The van der Waals surface area contributed by atoms with Gasteiger partial charge in [-0.05, 0) is 68.6 Å². The summed E-state index contributed by atoms with van der Waals surface area (Å²) < 4.78 is 49.5. The van der Waals surface area contributed by atoms with Gasteiger partial charge in [0, 0.05) is 37.8 Å². The van der Waals surface area contributed by atoms with Crippen molar-refractivity contribution in [1.29, 1.82) is 0 Å². The van der Waals surface area contributed by atoms with E-state index in [1.165, 1.54) is 6.20 Å². The molecule has 1 atom stereocenters. The highest BCUT2D eigenvalue weighted by Gasteiger charge is 2.37. The molecule has 1 aromatic carbocycles. The van der Waals surface area contributed by atoms with Crippen LogP contribution in [-0.4, -0.2) is 52.9 Å². The number of rotatable bonds is 5. The van der Waals surface area contributed by atoms with E-state index >= 15 is 4.39 Å². The predicted molar refractivity (Wildman–Crippen MR) is 132 cm³/mol. The minimum absolute atomic E-state index is 0.00165. The van der Waals surface area contributed by atoms with Crippen LogP contribution >= 0.6 is 0 Å². The van der Waals surface area contributed by atoms with Gasteiger partial charge in [-0.1, -0.05) is 6.07 Å². The second-order valence-corrected chi connectivity index (χ2v) is 10.4. The van der Waals surface area contributed by atoms with Gasteiger partial charge < -0.3 is 19.5 Å². The Morgan fingerprint density at radius 1 is 1.27 bits per heavy atom. The molecule has 4 heterocycles. The maximum atomic E-state index is 15.8. The molecule has 2 aromatic heterocycles. The van der Waals surface area contributed by atoms with Crippen LogP contribution in [0.3, 0.4) is 0 Å². The number of amides is 1. The Kier molecular flexibility index (Phi) is 5.74. The third-order valence-electron chi connectivity index (χ3n) is 7.52. The van der Waals surface area contributed by atoms with Crippen LogP contribution in [0.25, 0.3) is 28.6 Å². The van der Waals surface area contributed by atoms with Gasteiger partial charge in [0.25, 0.3) is 6.43 Å². The molecule has 3 aliphatic rings. The molecule has 0 unspecified atom stereocenters. The van der Waals surface area contributed by atoms with Crippen molar-refractivity contribution in [3.8, 4) is 11.5 Å². The molecule has 37 heavy (non-hydrogen) atoms. The monoisotopic (exact) mass is 511 g/mol. The minimum Gasteiger partial charge on any atom is -0.436 e. The van der Waals surface area contributed by atoms with E-state index in [9.17, 15) is 13.6 Å². The number of nitrogens with zero attached hydrogens (tertiary/aromatic N) is 4. The first-order valence-electron chi connectivity index (χ1n) is 12.5. The number of likely N-dealkylation sites (tertiary alicyclic amines) is 1. The number of halogens is 3. The van der Waals surface area contributed by atoms with Crippen molar-refractivity contribution < 1.29 is 22.4 Å². The zero-order chi connectivity index (χ0) is 25.9. The molecule has 10 heteroatoms.